The second kappa shape index (κ2) is 5.35. The van der Waals surface area contributed by atoms with E-state index < -0.39 is 0 Å². The van der Waals surface area contributed by atoms with Gasteiger partial charge in [0.15, 0.2) is 0 Å². The standard InChI is InChI=1S/C14H22N2/c1-3-11(2)16-10-13-7-4-6-12-8-5-9-15-14(12)13/h4,6-7,11,15-16H,3,5,8-10H2,1-2H3. The van der Waals surface area contributed by atoms with E-state index in [-0.39, 0.29) is 0 Å². The van der Waals surface area contributed by atoms with Gasteiger partial charge in [0, 0.05) is 24.8 Å². The van der Waals surface area contributed by atoms with Crippen molar-refractivity contribution >= 4 is 5.69 Å². The Hall–Kier alpha value is -1.02. The predicted molar refractivity (Wildman–Crippen MR) is 69.8 cm³/mol. The van der Waals surface area contributed by atoms with Crippen LogP contribution in [0.15, 0.2) is 18.2 Å². The summed E-state index contributed by atoms with van der Waals surface area (Å²) >= 11 is 0. The van der Waals surface area contributed by atoms with Gasteiger partial charge in [-0.25, -0.2) is 0 Å². The van der Waals surface area contributed by atoms with Gasteiger partial charge in [0.05, 0.1) is 0 Å². The average Bonchev–Trinajstić information content (AvgIpc) is 2.35. The van der Waals surface area contributed by atoms with Gasteiger partial charge < -0.3 is 10.6 Å². The molecule has 0 radical (unpaired) electrons. The maximum Gasteiger partial charge on any atom is 0.0418 e. The number of anilines is 1. The molecule has 1 unspecified atom stereocenters. The summed E-state index contributed by atoms with van der Waals surface area (Å²) in [5.74, 6) is 0. The molecule has 0 bridgehead atoms. The van der Waals surface area contributed by atoms with Crippen molar-refractivity contribution in [1.29, 1.82) is 0 Å². The lowest BCUT2D eigenvalue weighted by Crippen LogP contribution is -2.25. The molecule has 88 valence electrons. The quantitative estimate of drug-likeness (QED) is 0.812. The van der Waals surface area contributed by atoms with E-state index in [9.17, 15) is 0 Å². The van der Waals surface area contributed by atoms with E-state index in [1.807, 2.05) is 0 Å². The number of hydrogen-bond acceptors (Lipinski definition) is 2. The van der Waals surface area contributed by atoms with Crippen LogP contribution in [0.5, 0.6) is 0 Å². The van der Waals surface area contributed by atoms with Crippen LogP contribution in [0.1, 0.15) is 37.8 Å². The van der Waals surface area contributed by atoms with Crippen LogP contribution in [0.3, 0.4) is 0 Å². The highest BCUT2D eigenvalue weighted by Gasteiger charge is 2.12. The lowest BCUT2D eigenvalue weighted by Gasteiger charge is -2.22. The SMILES string of the molecule is CCC(C)NCc1cccc2c1NCCC2. The highest BCUT2D eigenvalue weighted by atomic mass is 14.9. The Morgan fingerprint density at radius 1 is 1.44 bits per heavy atom. The van der Waals surface area contributed by atoms with Crippen molar-refractivity contribution in [3.05, 3.63) is 29.3 Å². The molecule has 0 amide bonds. The van der Waals surface area contributed by atoms with Gasteiger partial charge in [-0.15, -0.1) is 0 Å². The Balaban J connectivity index is 2.08. The molecule has 1 heterocycles. The molecule has 1 aliphatic rings. The van der Waals surface area contributed by atoms with Crippen molar-refractivity contribution in [2.24, 2.45) is 0 Å². The van der Waals surface area contributed by atoms with Crippen LogP contribution in [-0.2, 0) is 13.0 Å². The zero-order chi connectivity index (χ0) is 11.4. The molecule has 0 aromatic heterocycles. The fraction of sp³-hybridized carbons (Fsp3) is 0.571. The Morgan fingerprint density at radius 2 is 2.31 bits per heavy atom. The summed E-state index contributed by atoms with van der Waals surface area (Å²) in [4.78, 5) is 0. The molecule has 2 nitrogen and oxygen atoms in total. The first kappa shape index (κ1) is 11.5. The summed E-state index contributed by atoms with van der Waals surface area (Å²) in [5, 5.41) is 7.09. The zero-order valence-corrected chi connectivity index (χ0v) is 10.3. The van der Waals surface area contributed by atoms with Gasteiger partial charge in [-0.1, -0.05) is 25.1 Å². The molecule has 16 heavy (non-hydrogen) atoms. The van der Waals surface area contributed by atoms with Crippen molar-refractivity contribution in [1.82, 2.24) is 5.32 Å². The summed E-state index contributed by atoms with van der Waals surface area (Å²) in [7, 11) is 0. The van der Waals surface area contributed by atoms with Crippen LogP contribution >= 0.6 is 0 Å². The van der Waals surface area contributed by atoms with Gasteiger partial charge in [-0.3, -0.25) is 0 Å². The fourth-order valence-corrected chi connectivity index (χ4v) is 2.16. The number of hydrogen-bond donors (Lipinski definition) is 2. The van der Waals surface area contributed by atoms with Crippen molar-refractivity contribution in [3.63, 3.8) is 0 Å². The van der Waals surface area contributed by atoms with Gasteiger partial charge in [-0.2, -0.15) is 0 Å². The molecule has 0 spiro atoms. The summed E-state index contributed by atoms with van der Waals surface area (Å²) in [6.45, 7) is 6.55. The third-order valence-electron chi connectivity index (χ3n) is 3.42. The van der Waals surface area contributed by atoms with E-state index in [4.69, 9.17) is 0 Å². The molecule has 2 N–H and O–H groups in total. The lowest BCUT2D eigenvalue weighted by molar-refractivity contribution is 0.534. The Kier molecular flexibility index (Phi) is 3.83. The molecular weight excluding hydrogens is 196 g/mol. The summed E-state index contributed by atoms with van der Waals surface area (Å²) in [6, 6.07) is 7.25. The van der Waals surface area contributed by atoms with Gasteiger partial charge in [0.1, 0.15) is 0 Å². The number of nitrogens with one attached hydrogen (secondary N) is 2. The number of rotatable bonds is 4. The highest BCUT2D eigenvalue weighted by molar-refractivity contribution is 5.59. The van der Waals surface area contributed by atoms with Gasteiger partial charge in [-0.05, 0) is 37.3 Å². The first-order valence-electron chi connectivity index (χ1n) is 6.39. The molecule has 0 fully saturated rings. The molecule has 1 atom stereocenters. The largest absolute Gasteiger partial charge is 0.385 e. The maximum atomic E-state index is 3.56. The molecule has 1 aromatic rings. The average molecular weight is 218 g/mol. The predicted octanol–water partition coefficient (Wildman–Crippen LogP) is 2.93. The van der Waals surface area contributed by atoms with Crippen molar-refractivity contribution in [2.75, 3.05) is 11.9 Å². The van der Waals surface area contributed by atoms with E-state index in [1.165, 1.54) is 36.1 Å². The third kappa shape index (κ3) is 2.56. The number of aryl methyl sites for hydroxylation is 1. The molecule has 2 heteroatoms. The lowest BCUT2D eigenvalue weighted by atomic mass is 9.99. The minimum Gasteiger partial charge on any atom is -0.385 e. The van der Waals surface area contributed by atoms with Gasteiger partial charge >= 0.3 is 0 Å². The summed E-state index contributed by atoms with van der Waals surface area (Å²) in [6.07, 6.45) is 3.66. The molecule has 2 rings (SSSR count). The smallest absolute Gasteiger partial charge is 0.0418 e. The third-order valence-corrected chi connectivity index (χ3v) is 3.42. The van der Waals surface area contributed by atoms with Gasteiger partial charge in [0.25, 0.3) is 0 Å². The van der Waals surface area contributed by atoms with Crippen LogP contribution in [0.4, 0.5) is 5.69 Å². The molecule has 0 saturated heterocycles. The van der Waals surface area contributed by atoms with E-state index in [0.717, 1.165) is 13.1 Å². The first-order valence-corrected chi connectivity index (χ1v) is 6.39. The van der Waals surface area contributed by atoms with E-state index in [1.54, 1.807) is 0 Å². The number of benzene rings is 1. The second-order valence-corrected chi connectivity index (χ2v) is 4.67. The molecule has 0 aliphatic carbocycles. The molecule has 1 aliphatic heterocycles. The van der Waals surface area contributed by atoms with E-state index in [0.29, 0.717) is 6.04 Å². The van der Waals surface area contributed by atoms with Crippen LogP contribution in [0.2, 0.25) is 0 Å². The van der Waals surface area contributed by atoms with Crippen LogP contribution in [0.25, 0.3) is 0 Å². The molecule has 1 aromatic carbocycles. The van der Waals surface area contributed by atoms with Crippen molar-refractivity contribution < 1.29 is 0 Å². The normalized spacial score (nSPS) is 16.4. The number of fused-ring (bicyclic) bond motifs is 1. The number of para-hydroxylation sites is 1. The minimum atomic E-state index is 0.597. The zero-order valence-electron chi connectivity index (χ0n) is 10.3. The topological polar surface area (TPSA) is 24.1 Å². The second-order valence-electron chi connectivity index (χ2n) is 4.67. The van der Waals surface area contributed by atoms with Crippen molar-refractivity contribution in [3.8, 4) is 0 Å². The Morgan fingerprint density at radius 3 is 3.12 bits per heavy atom. The Labute approximate surface area is 98.4 Å². The molecule has 0 saturated carbocycles. The van der Waals surface area contributed by atoms with Crippen molar-refractivity contribution in [2.45, 2.75) is 45.7 Å². The summed E-state index contributed by atoms with van der Waals surface area (Å²) < 4.78 is 0. The van der Waals surface area contributed by atoms with E-state index in [2.05, 4.69) is 42.7 Å². The van der Waals surface area contributed by atoms with Gasteiger partial charge in [0.2, 0.25) is 0 Å². The highest BCUT2D eigenvalue weighted by Crippen LogP contribution is 2.25. The summed E-state index contributed by atoms with van der Waals surface area (Å²) in [5.41, 5.74) is 4.27. The minimum absolute atomic E-state index is 0.597. The first-order chi connectivity index (χ1) is 7.81. The Bertz CT molecular complexity index is 347. The van der Waals surface area contributed by atoms with Crippen LogP contribution < -0.4 is 10.6 Å². The van der Waals surface area contributed by atoms with Crippen LogP contribution in [0, 0.1) is 0 Å². The monoisotopic (exact) mass is 218 g/mol. The molecular formula is C14H22N2. The maximum absolute atomic E-state index is 3.56. The van der Waals surface area contributed by atoms with E-state index >= 15 is 0 Å². The van der Waals surface area contributed by atoms with Crippen LogP contribution in [-0.4, -0.2) is 12.6 Å². The fourth-order valence-electron chi connectivity index (χ4n) is 2.16.